The number of hydrogen-bond donors (Lipinski definition) is 4. The lowest BCUT2D eigenvalue weighted by Crippen LogP contribution is -2.30. The van der Waals surface area contributed by atoms with Gasteiger partial charge in [0.2, 0.25) is 0 Å². The molecule has 1 aliphatic heterocycles. The van der Waals surface area contributed by atoms with Crippen molar-refractivity contribution in [3.63, 3.8) is 0 Å². The molecular weight excluding hydrogens is 460 g/mol. The second-order valence-corrected chi connectivity index (χ2v) is 10.5. The highest BCUT2D eigenvalue weighted by atomic mass is 32.2. The van der Waals surface area contributed by atoms with Crippen LogP contribution in [0.4, 0.5) is 5.69 Å². The van der Waals surface area contributed by atoms with Crippen LogP contribution in [0.15, 0.2) is 81.3 Å². The minimum Gasteiger partial charge on any atom is -0.345 e. The molecule has 0 saturated heterocycles. The highest BCUT2D eigenvalue weighted by molar-refractivity contribution is 7.99. The highest BCUT2D eigenvalue weighted by Crippen LogP contribution is 2.36. The first-order valence-electron chi connectivity index (χ1n) is 10.3. The molecule has 168 valence electrons. The number of benzene rings is 3. The summed E-state index contributed by atoms with van der Waals surface area (Å²) < 4.78 is 28.0. The van der Waals surface area contributed by atoms with Crippen molar-refractivity contribution in [1.82, 2.24) is 15.3 Å². The van der Waals surface area contributed by atoms with Crippen molar-refractivity contribution >= 4 is 44.4 Å². The van der Waals surface area contributed by atoms with E-state index in [0.29, 0.717) is 22.3 Å². The van der Waals surface area contributed by atoms with Crippen molar-refractivity contribution in [2.24, 2.45) is 0 Å². The molecule has 4 N–H and O–H groups in total. The molecule has 5 rings (SSSR count). The number of rotatable bonds is 5. The van der Waals surface area contributed by atoms with Crippen LogP contribution in [0.25, 0.3) is 11.0 Å². The number of aromatic nitrogens is 2. The fourth-order valence-corrected chi connectivity index (χ4v) is 6.03. The molecule has 3 aromatic carbocycles. The molecule has 0 bridgehead atoms. The van der Waals surface area contributed by atoms with E-state index in [0.717, 1.165) is 17.7 Å². The summed E-state index contributed by atoms with van der Waals surface area (Å²) in [5.41, 5.74) is 2.41. The quantitative estimate of drug-likeness (QED) is 0.347. The summed E-state index contributed by atoms with van der Waals surface area (Å²) in [6, 6.07) is 18.6. The Bertz CT molecular complexity index is 1510. The summed E-state index contributed by atoms with van der Waals surface area (Å²) in [5.74, 6) is 0.725. The van der Waals surface area contributed by atoms with E-state index in [2.05, 4.69) is 26.1 Å². The predicted molar refractivity (Wildman–Crippen MR) is 128 cm³/mol. The van der Waals surface area contributed by atoms with E-state index in [1.54, 1.807) is 36.0 Å². The standard InChI is InChI=1S/C23H20N4O4S2/c28-22(24-18-11-12-32-21-4-2-1-3-17(18)21)14-5-7-15(8-6-14)27-33(30,31)16-9-10-19-20(13-16)26-23(29)25-19/h1-10,13,18,27H,11-12H2,(H,24,28)(H2,25,26,29). The SMILES string of the molecule is O=C(NC1CCSc2ccccc21)c1ccc(NS(=O)(=O)c2ccc3[nH]c(=O)[nH]c3c2)cc1. The van der Waals surface area contributed by atoms with Crippen LogP contribution in [-0.2, 0) is 10.0 Å². The summed E-state index contributed by atoms with van der Waals surface area (Å²) in [6.45, 7) is 0. The Hall–Kier alpha value is -3.50. The van der Waals surface area contributed by atoms with E-state index < -0.39 is 15.7 Å². The Kier molecular flexibility index (Phi) is 5.47. The lowest BCUT2D eigenvalue weighted by Gasteiger charge is -2.25. The van der Waals surface area contributed by atoms with Crippen LogP contribution in [0.5, 0.6) is 0 Å². The number of fused-ring (bicyclic) bond motifs is 2. The van der Waals surface area contributed by atoms with Gasteiger partial charge in [0, 0.05) is 21.9 Å². The molecule has 33 heavy (non-hydrogen) atoms. The van der Waals surface area contributed by atoms with Gasteiger partial charge in [-0.15, -0.1) is 11.8 Å². The lowest BCUT2D eigenvalue weighted by molar-refractivity contribution is 0.0935. The number of nitrogens with one attached hydrogen (secondary N) is 4. The molecule has 2 heterocycles. The van der Waals surface area contributed by atoms with E-state index in [9.17, 15) is 18.0 Å². The first kappa shape index (κ1) is 21.4. The third-order valence-electron chi connectivity index (χ3n) is 5.46. The van der Waals surface area contributed by atoms with Gasteiger partial charge in [-0.25, -0.2) is 13.2 Å². The average Bonchev–Trinajstić information content (AvgIpc) is 3.19. The monoisotopic (exact) mass is 480 g/mol. The molecule has 0 radical (unpaired) electrons. The number of amides is 1. The zero-order chi connectivity index (χ0) is 23.0. The average molecular weight is 481 g/mol. The molecule has 0 saturated carbocycles. The fourth-order valence-electron chi connectivity index (χ4n) is 3.82. The van der Waals surface area contributed by atoms with Crippen LogP contribution >= 0.6 is 11.8 Å². The Morgan fingerprint density at radius 1 is 0.970 bits per heavy atom. The molecule has 10 heteroatoms. The number of carbonyl (C=O) groups is 1. The number of thioether (sulfide) groups is 1. The molecule has 1 unspecified atom stereocenters. The number of anilines is 1. The maximum Gasteiger partial charge on any atom is 0.323 e. The molecule has 0 spiro atoms. The van der Waals surface area contributed by atoms with Crippen molar-refractivity contribution in [3.8, 4) is 0 Å². The third kappa shape index (κ3) is 4.39. The van der Waals surface area contributed by atoms with Crippen molar-refractivity contribution in [3.05, 3.63) is 88.3 Å². The van der Waals surface area contributed by atoms with Crippen LogP contribution in [0, 0.1) is 0 Å². The molecule has 0 aliphatic carbocycles. The highest BCUT2D eigenvalue weighted by Gasteiger charge is 2.22. The van der Waals surface area contributed by atoms with Gasteiger partial charge in [-0.3, -0.25) is 9.52 Å². The van der Waals surface area contributed by atoms with Crippen LogP contribution in [0.3, 0.4) is 0 Å². The minimum atomic E-state index is -3.87. The van der Waals surface area contributed by atoms with Gasteiger partial charge in [0.15, 0.2) is 0 Å². The summed E-state index contributed by atoms with van der Waals surface area (Å²) in [5, 5.41) is 3.08. The van der Waals surface area contributed by atoms with Gasteiger partial charge in [0.1, 0.15) is 0 Å². The van der Waals surface area contributed by atoms with Gasteiger partial charge in [-0.05, 0) is 60.5 Å². The number of imidazole rings is 1. The summed E-state index contributed by atoms with van der Waals surface area (Å²) in [4.78, 5) is 30.5. The van der Waals surface area contributed by atoms with E-state index in [1.165, 1.54) is 23.1 Å². The molecule has 1 amide bonds. The second-order valence-electron chi connectivity index (χ2n) is 7.67. The van der Waals surface area contributed by atoms with Gasteiger partial charge in [0.05, 0.1) is 22.0 Å². The Labute approximate surface area is 193 Å². The third-order valence-corrected chi connectivity index (χ3v) is 7.96. The van der Waals surface area contributed by atoms with Gasteiger partial charge in [-0.2, -0.15) is 0 Å². The zero-order valence-electron chi connectivity index (χ0n) is 17.3. The Balaban J connectivity index is 1.30. The van der Waals surface area contributed by atoms with Crippen molar-refractivity contribution in [2.45, 2.75) is 22.3 Å². The normalized spacial score (nSPS) is 15.7. The van der Waals surface area contributed by atoms with Crippen LogP contribution < -0.4 is 15.7 Å². The van der Waals surface area contributed by atoms with Gasteiger partial charge < -0.3 is 15.3 Å². The molecule has 0 fully saturated rings. The summed E-state index contributed by atoms with van der Waals surface area (Å²) >= 11 is 1.79. The number of hydrogen-bond acceptors (Lipinski definition) is 5. The van der Waals surface area contributed by atoms with Crippen LogP contribution in [-0.4, -0.2) is 30.0 Å². The van der Waals surface area contributed by atoms with E-state index >= 15 is 0 Å². The van der Waals surface area contributed by atoms with E-state index in [-0.39, 0.29) is 16.8 Å². The smallest absolute Gasteiger partial charge is 0.323 e. The molecule has 1 atom stereocenters. The summed E-state index contributed by atoms with van der Waals surface area (Å²) in [6.07, 6.45) is 0.849. The molecule has 4 aromatic rings. The van der Waals surface area contributed by atoms with Gasteiger partial charge >= 0.3 is 5.69 Å². The van der Waals surface area contributed by atoms with Crippen molar-refractivity contribution in [2.75, 3.05) is 10.5 Å². The van der Waals surface area contributed by atoms with Crippen molar-refractivity contribution in [1.29, 1.82) is 0 Å². The molecule has 8 nitrogen and oxygen atoms in total. The summed E-state index contributed by atoms with van der Waals surface area (Å²) in [7, 11) is -3.87. The maximum absolute atomic E-state index is 12.8. The van der Waals surface area contributed by atoms with Crippen LogP contribution in [0.1, 0.15) is 28.4 Å². The predicted octanol–water partition coefficient (Wildman–Crippen LogP) is 3.62. The van der Waals surface area contributed by atoms with Gasteiger partial charge in [-0.1, -0.05) is 18.2 Å². The zero-order valence-corrected chi connectivity index (χ0v) is 18.9. The number of sulfonamides is 1. The number of H-pyrrole nitrogens is 2. The van der Waals surface area contributed by atoms with Crippen LogP contribution in [0.2, 0.25) is 0 Å². The molecular formula is C23H20N4O4S2. The fraction of sp³-hybridized carbons (Fsp3) is 0.130. The lowest BCUT2D eigenvalue weighted by atomic mass is 10.0. The largest absolute Gasteiger partial charge is 0.345 e. The first-order chi connectivity index (χ1) is 15.9. The van der Waals surface area contributed by atoms with Gasteiger partial charge in [0.25, 0.3) is 15.9 Å². The maximum atomic E-state index is 12.8. The Morgan fingerprint density at radius 3 is 2.55 bits per heavy atom. The number of carbonyl (C=O) groups excluding carboxylic acids is 1. The van der Waals surface area contributed by atoms with Crippen molar-refractivity contribution < 1.29 is 13.2 Å². The first-order valence-corrected chi connectivity index (χ1v) is 12.7. The Morgan fingerprint density at radius 2 is 1.73 bits per heavy atom. The molecule has 1 aliphatic rings. The van der Waals surface area contributed by atoms with E-state index in [1.807, 2.05) is 18.2 Å². The topological polar surface area (TPSA) is 124 Å². The number of aromatic amines is 2. The van der Waals surface area contributed by atoms with E-state index in [4.69, 9.17) is 0 Å². The molecule has 1 aromatic heterocycles. The second kappa shape index (κ2) is 8.45. The minimum absolute atomic E-state index is 0.0147.